The molecule has 0 saturated carbocycles. The first-order chi connectivity index (χ1) is 17.3. The van der Waals surface area contributed by atoms with E-state index in [4.69, 9.17) is 21.9 Å². The number of carbonyl (C=O) groups excluding carboxylic acids is 3. The fraction of sp³-hybridized carbons (Fsp3) is 0.417. The fourth-order valence-corrected chi connectivity index (χ4v) is 5.42. The number of amides is 2. The van der Waals surface area contributed by atoms with Crippen LogP contribution in [0.1, 0.15) is 38.7 Å². The molecular weight excluding hydrogens is 502 g/mol. The monoisotopic (exact) mass is 529 g/mol. The van der Waals surface area contributed by atoms with Crippen molar-refractivity contribution in [2.75, 3.05) is 31.1 Å². The number of nitrogens with one attached hydrogen (secondary N) is 1. The summed E-state index contributed by atoms with van der Waals surface area (Å²) >= 11 is 6.55. The van der Waals surface area contributed by atoms with E-state index in [1.54, 1.807) is 41.1 Å². The molecular formula is C24H27N5O5S2. The van der Waals surface area contributed by atoms with Crippen molar-refractivity contribution in [3.63, 3.8) is 0 Å². The molecule has 190 valence electrons. The molecule has 2 aliphatic heterocycles. The molecule has 0 aliphatic carbocycles. The number of thioether (sulfide) groups is 1. The Balaban J connectivity index is 1.83. The highest BCUT2D eigenvalue weighted by Gasteiger charge is 2.36. The van der Waals surface area contributed by atoms with E-state index in [2.05, 4.69) is 5.32 Å². The standard InChI is InChI=1S/C24H27N5O5S2/c1-3-5-10-29-23(33)17(36-24(29)35)13-15-20(26-18-8-6-7-11-28(18)22(15)32)27-12-9-25-21(31)16(27)14-19(30)34-4-2/h6-8,11,13,16H,3-5,9-10,12,14H2,1-2H3,(H,25,31)/b17-13+/t16-/m1/s1. The molecule has 1 N–H and O–H groups in total. The lowest BCUT2D eigenvalue weighted by atomic mass is 10.1. The van der Waals surface area contributed by atoms with E-state index in [9.17, 15) is 19.2 Å². The molecule has 0 radical (unpaired) electrons. The van der Waals surface area contributed by atoms with Gasteiger partial charge in [-0.15, -0.1) is 0 Å². The van der Waals surface area contributed by atoms with Crippen LogP contribution in [0.25, 0.3) is 11.7 Å². The lowest BCUT2D eigenvalue weighted by Crippen LogP contribution is -2.57. The average molecular weight is 530 g/mol. The number of pyridine rings is 1. The van der Waals surface area contributed by atoms with Gasteiger partial charge in [-0.3, -0.25) is 28.5 Å². The number of rotatable bonds is 8. The van der Waals surface area contributed by atoms with Crippen LogP contribution >= 0.6 is 24.0 Å². The maximum atomic E-state index is 13.6. The summed E-state index contributed by atoms with van der Waals surface area (Å²) in [5, 5.41) is 2.76. The van der Waals surface area contributed by atoms with E-state index in [0.717, 1.165) is 24.6 Å². The van der Waals surface area contributed by atoms with Crippen molar-refractivity contribution in [2.24, 2.45) is 0 Å². The van der Waals surface area contributed by atoms with Gasteiger partial charge in [-0.25, -0.2) is 4.98 Å². The van der Waals surface area contributed by atoms with Gasteiger partial charge >= 0.3 is 5.97 Å². The second kappa shape index (κ2) is 11.2. The van der Waals surface area contributed by atoms with E-state index in [-0.39, 0.29) is 36.2 Å². The minimum atomic E-state index is -0.915. The fourth-order valence-electron chi connectivity index (χ4n) is 4.13. The van der Waals surface area contributed by atoms with E-state index in [0.29, 0.717) is 34.5 Å². The molecule has 1 atom stereocenters. The van der Waals surface area contributed by atoms with Crippen LogP contribution in [0.3, 0.4) is 0 Å². The average Bonchev–Trinajstić information content (AvgIpc) is 3.12. The van der Waals surface area contributed by atoms with Gasteiger partial charge in [0, 0.05) is 25.8 Å². The van der Waals surface area contributed by atoms with Gasteiger partial charge in [-0.1, -0.05) is 43.4 Å². The van der Waals surface area contributed by atoms with Crippen LogP contribution in [0.15, 0.2) is 34.1 Å². The van der Waals surface area contributed by atoms with Gasteiger partial charge in [0.25, 0.3) is 11.5 Å². The summed E-state index contributed by atoms with van der Waals surface area (Å²) in [5.74, 6) is -0.919. The van der Waals surface area contributed by atoms with Crippen LogP contribution in [0.2, 0.25) is 0 Å². The van der Waals surface area contributed by atoms with Crippen molar-refractivity contribution in [2.45, 2.75) is 39.2 Å². The van der Waals surface area contributed by atoms with E-state index in [1.165, 1.54) is 10.5 Å². The van der Waals surface area contributed by atoms with E-state index in [1.807, 2.05) is 6.92 Å². The van der Waals surface area contributed by atoms with Gasteiger partial charge in [-0.05, 0) is 31.6 Å². The highest BCUT2D eigenvalue weighted by molar-refractivity contribution is 8.26. The number of thiocarbonyl (C=S) groups is 1. The summed E-state index contributed by atoms with van der Waals surface area (Å²) in [6.07, 6.45) is 4.62. The Labute approximate surface area is 217 Å². The molecule has 0 unspecified atom stereocenters. The molecule has 0 spiro atoms. The molecule has 2 aliphatic rings. The summed E-state index contributed by atoms with van der Waals surface area (Å²) < 4.78 is 6.89. The van der Waals surface area contributed by atoms with Crippen LogP contribution < -0.4 is 15.8 Å². The first-order valence-corrected chi connectivity index (χ1v) is 13.0. The largest absolute Gasteiger partial charge is 0.466 e. The van der Waals surface area contributed by atoms with Gasteiger partial charge in [0.15, 0.2) is 0 Å². The van der Waals surface area contributed by atoms with Crippen LogP contribution in [-0.2, 0) is 19.1 Å². The number of fused-ring (bicyclic) bond motifs is 1. The summed E-state index contributed by atoms with van der Waals surface area (Å²) in [5.41, 5.74) is 0.138. The maximum absolute atomic E-state index is 13.6. The van der Waals surface area contributed by atoms with Crippen molar-refractivity contribution in [3.8, 4) is 0 Å². The summed E-state index contributed by atoms with van der Waals surface area (Å²) in [4.78, 5) is 60.0. The molecule has 4 rings (SSSR count). The van der Waals surface area contributed by atoms with Gasteiger partial charge in [0.05, 0.1) is 23.5 Å². The van der Waals surface area contributed by atoms with Gasteiger partial charge in [-0.2, -0.15) is 0 Å². The second-order valence-corrected chi connectivity index (χ2v) is 9.96. The number of unbranched alkanes of at least 4 members (excludes halogenated alkanes) is 1. The molecule has 2 amide bonds. The summed E-state index contributed by atoms with van der Waals surface area (Å²) in [6.45, 7) is 5.05. The number of ether oxygens (including phenoxy) is 1. The zero-order chi connectivity index (χ0) is 25.8. The first-order valence-electron chi connectivity index (χ1n) is 11.8. The van der Waals surface area contributed by atoms with Crippen molar-refractivity contribution in [3.05, 3.63) is 45.2 Å². The molecule has 10 nitrogen and oxygen atoms in total. The number of nitrogens with zero attached hydrogens (tertiary/aromatic N) is 4. The van der Waals surface area contributed by atoms with Gasteiger partial charge in [0.1, 0.15) is 21.8 Å². The molecule has 2 saturated heterocycles. The second-order valence-electron chi connectivity index (χ2n) is 8.28. The maximum Gasteiger partial charge on any atom is 0.308 e. The number of esters is 1. The SMILES string of the molecule is CCCCN1C(=O)/C(=C\c2c(N3CCNC(=O)[C@H]3CC(=O)OCC)nc3ccccn3c2=O)SC1=S. The minimum absolute atomic E-state index is 0.151. The Kier molecular flexibility index (Phi) is 8.04. The topological polar surface area (TPSA) is 113 Å². The number of carbonyl (C=O) groups is 3. The smallest absolute Gasteiger partial charge is 0.308 e. The third-order valence-electron chi connectivity index (χ3n) is 5.90. The van der Waals surface area contributed by atoms with E-state index < -0.39 is 17.6 Å². The van der Waals surface area contributed by atoms with Crippen LogP contribution in [0.4, 0.5) is 5.82 Å². The number of hydrogen-bond donors (Lipinski definition) is 1. The minimum Gasteiger partial charge on any atom is -0.466 e. The van der Waals surface area contributed by atoms with Crippen molar-refractivity contribution in [1.29, 1.82) is 0 Å². The van der Waals surface area contributed by atoms with Crippen LogP contribution in [0, 0.1) is 0 Å². The van der Waals surface area contributed by atoms with E-state index >= 15 is 0 Å². The van der Waals surface area contributed by atoms with Gasteiger partial charge in [0.2, 0.25) is 5.91 Å². The first kappa shape index (κ1) is 25.8. The Bertz CT molecular complexity index is 1310. The summed E-state index contributed by atoms with van der Waals surface area (Å²) in [6, 6.07) is 4.23. The highest BCUT2D eigenvalue weighted by atomic mass is 32.2. The van der Waals surface area contributed by atoms with Crippen molar-refractivity contribution in [1.82, 2.24) is 19.6 Å². The third-order valence-corrected chi connectivity index (χ3v) is 7.28. The van der Waals surface area contributed by atoms with Gasteiger partial charge < -0.3 is 15.0 Å². The predicted molar refractivity (Wildman–Crippen MR) is 142 cm³/mol. The number of aromatic nitrogens is 2. The number of piperazine rings is 1. The highest BCUT2D eigenvalue weighted by Crippen LogP contribution is 2.34. The molecule has 4 heterocycles. The van der Waals surface area contributed by atoms with Crippen LogP contribution in [-0.4, -0.2) is 68.7 Å². The molecule has 2 aromatic rings. The Morgan fingerprint density at radius 3 is 2.86 bits per heavy atom. The third kappa shape index (κ3) is 5.14. The zero-order valence-electron chi connectivity index (χ0n) is 20.1. The predicted octanol–water partition coefficient (Wildman–Crippen LogP) is 1.95. The molecule has 0 aromatic carbocycles. The van der Waals surface area contributed by atoms with Crippen LogP contribution in [0.5, 0.6) is 0 Å². The quantitative estimate of drug-likeness (QED) is 0.311. The Morgan fingerprint density at radius 1 is 1.31 bits per heavy atom. The lowest BCUT2D eigenvalue weighted by molar-refractivity contribution is -0.145. The molecule has 36 heavy (non-hydrogen) atoms. The number of hydrogen-bond acceptors (Lipinski definition) is 9. The lowest BCUT2D eigenvalue weighted by Gasteiger charge is -2.36. The van der Waals surface area contributed by atoms with Crippen molar-refractivity contribution < 1.29 is 19.1 Å². The number of anilines is 1. The molecule has 0 bridgehead atoms. The van der Waals surface area contributed by atoms with Crippen molar-refractivity contribution >= 4 is 63.6 Å². The summed E-state index contributed by atoms with van der Waals surface area (Å²) in [7, 11) is 0. The molecule has 12 heteroatoms. The Hall–Kier alpha value is -3.25. The molecule has 2 fully saturated rings. The molecule has 2 aromatic heterocycles. The normalized spacial score (nSPS) is 19.3. The Morgan fingerprint density at radius 2 is 2.11 bits per heavy atom. The zero-order valence-corrected chi connectivity index (χ0v) is 21.7.